The molecule has 4 N–H and O–H groups in total. The van der Waals surface area contributed by atoms with E-state index >= 15 is 0 Å². The van der Waals surface area contributed by atoms with Gasteiger partial charge < -0.3 is 16.0 Å². The monoisotopic (exact) mass is 382 g/mol. The van der Waals surface area contributed by atoms with Crippen LogP contribution in [0.3, 0.4) is 0 Å². The quantitative estimate of drug-likeness (QED) is 0.631. The van der Waals surface area contributed by atoms with E-state index in [9.17, 15) is 9.59 Å². The zero-order chi connectivity index (χ0) is 18.8. The van der Waals surface area contributed by atoms with Crippen LogP contribution in [0.25, 0.3) is 21.3 Å². The predicted molar refractivity (Wildman–Crippen MR) is 109 cm³/mol. The van der Waals surface area contributed by atoms with Gasteiger partial charge in [0.25, 0.3) is 5.91 Å². The van der Waals surface area contributed by atoms with E-state index < -0.39 is 5.91 Å². The third kappa shape index (κ3) is 3.74. The highest BCUT2D eigenvalue weighted by Gasteiger charge is 2.20. The summed E-state index contributed by atoms with van der Waals surface area (Å²) in [5, 5.41) is 3.96. The first-order chi connectivity index (χ1) is 13.1. The lowest BCUT2D eigenvalue weighted by Crippen LogP contribution is -2.37. The van der Waals surface area contributed by atoms with E-state index in [2.05, 4.69) is 15.2 Å². The standard InChI is InChI=1S/C20H22N4O2S/c21-20(26)19-16(23-18(25)12-24-8-4-1-5-9-24)10-17(27-19)14-11-22-15-7-3-2-6-13(14)15/h2-3,6-7,10-11,22H,1,4-5,8-9,12H2,(H2,21,26)(H,23,25). The Labute approximate surface area is 161 Å². The molecule has 4 rings (SSSR count). The number of H-pyrrole nitrogens is 1. The fourth-order valence-electron chi connectivity index (χ4n) is 3.59. The zero-order valence-electron chi connectivity index (χ0n) is 15.0. The van der Waals surface area contributed by atoms with Gasteiger partial charge in [0.05, 0.1) is 12.2 Å². The zero-order valence-corrected chi connectivity index (χ0v) is 15.8. The topological polar surface area (TPSA) is 91.2 Å². The third-order valence-corrected chi connectivity index (χ3v) is 6.08. The average molecular weight is 382 g/mol. The highest BCUT2D eigenvalue weighted by Crippen LogP contribution is 2.38. The van der Waals surface area contributed by atoms with Crippen molar-refractivity contribution in [1.29, 1.82) is 0 Å². The van der Waals surface area contributed by atoms with Crippen LogP contribution in [0.1, 0.15) is 28.9 Å². The molecule has 0 aliphatic carbocycles. The van der Waals surface area contributed by atoms with Crippen LogP contribution in [0.5, 0.6) is 0 Å². The molecule has 0 saturated carbocycles. The van der Waals surface area contributed by atoms with Crippen LogP contribution >= 0.6 is 11.3 Å². The molecule has 27 heavy (non-hydrogen) atoms. The van der Waals surface area contributed by atoms with E-state index in [1.807, 2.05) is 36.5 Å². The lowest BCUT2D eigenvalue weighted by Gasteiger charge is -2.25. The number of aromatic nitrogens is 1. The number of likely N-dealkylation sites (tertiary alicyclic amines) is 1. The molecule has 6 nitrogen and oxygen atoms in total. The highest BCUT2D eigenvalue weighted by molar-refractivity contribution is 7.18. The minimum atomic E-state index is -0.528. The Kier molecular flexibility index (Phi) is 4.96. The number of nitrogens with zero attached hydrogens (tertiary/aromatic N) is 1. The summed E-state index contributed by atoms with van der Waals surface area (Å²) in [5.74, 6) is -0.637. The van der Waals surface area contributed by atoms with Gasteiger partial charge in [0, 0.05) is 27.5 Å². The van der Waals surface area contributed by atoms with Gasteiger partial charge in [-0.15, -0.1) is 11.3 Å². The van der Waals surface area contributed by atoms with Gasteiger partial charge in [-0.3, -0.25) is 14.5 Å². The van der Waals surface area contributed by atoms with Crippen molar-refractivity contribution in [3.8, 4) is 10.4 Å². The normalized spacial score (nSPS) is 15.1. The van der Waals surface area contributed by atoms with E-state index in [0.29, 0.717) is 17.1 Å². The molecule has 0 radical (unpaired) electrons. The molecule has 1 aromatic carbocycles. The molecule has 3 heterocycles. The number of rotatable bonds is 5. The van der Waals surface area contributed by atoms with E-state index in [0.717, 1.165) is 47.3 Å². The number of hydrogen-bond donors (Lipinski definition) is 3. The molecular formula is C20H22N4O2S. The maximum Gasteiger partial charge on any atom is 0.260 e. The van der Waals surface area contributed by atoms with Crippen LogP contribution in [0.15, 0.2) is 36.5 Å². The summed E-state index contributed by atoms with van der Waals surface area (Å²) < 4.78 is 0. The number of thiophene rings is 1. The molecule has 2 amide bonds. The van der Waals surface area contributed by atoms with Gasteiger partial charge in [-0.25, -0.2) is 0 Å². The maximum atomic E-state index is 12.5. The van der Waals surface area contributed by atoms with Crippen molar-refractivity contribution < 1.29 is 9.59 Å². The van der Waals surface area contributed by atoms with Gasteiger partial charge in [0.2, 0.25) is 5.91 Å². The largest absolute Gasteiger partial charge is 0.365 e. The van der Waals surface area contributed by atoms with Crippen LogP contribution < -0.4 is 11.1 Å². The summed E-state index contributed by atoms with van der Waals surface area (Å²) >= 11 is 1.31. The lowest BCUT2D eigenvalue weighted by atomic mass is 10.1. The summed E-state index contributed by atoms with van der Waals surface area (Å²) in [4.78, 5) is 31.0. The molecular weight excluding hydrogens is 360 g/mol. The van der Waals surface area contributed by atoms with E-state index in [1.165, 1.54) is 17.8 Å². The van der Waals surface area contributed by atoms with Crippen molar-refractivity contribution in [2.24, 2.45) is 5.73 Å². The molecule has 1 saturated heterocycles. The molecule has 0 unspecified atom stereocenters. The number of nitrogens with two attached hydrogens (primary N) is 1. The van der Waals surface area contributed by atoms with Gasteiger partial charge in [-0.05, 0) is 38.1 Å². The van der Waals surface area contributed by atoms with Gasteiger partial charge in [-0.1, -0.05) is 24.6 Å². The first kappa shape index (κ1) is 17.8. The Morgan fingerprint density at radius 1 is 1.19 bits per heavy atom. The minimum Gasteiger partial charge on any atom is -0.365 e. The molecule has 2 aromatic heterocycles. The number of piperidine rings is 1. The summed E-state index contributed by atoms with van der Waals surface area (Å²) in [6.45, 7) is 2.23. The maximum absolute atomic E-state index is 12.5. The molecule has 0 bridgehead atoms. The fourth-order valence-corrected chi connectivity index (χ4v) is 4.58. The SMILES string of the molecule is NC(=O)c1sc(-c2c[nH]c3ccccc23)cc1NC(=O)CN1CCCCC1. The summed E-state index contributed by atoms with van der Waals surface area (Å²) in [6.07, 6.45) is 5.40. The number of carbonyl (C=O) groups excluding carboxylic acids is 2. The van der Waals surface area contributed by atoms with E-state index in [4.69, 9.17) is 5.73 Å². The first-order valence-corrected chi connectivity index (χ1v) is 9.96. The first-order valence-electron chi connectivity index (χ1n) is 9.14. The van der Waals surface area contributed by atoms with Crippen molar-refractivity contribution in [2.75, 3.05) is 25.0 Å². The van der Waals surface area contributed by atoms with Gasteiger partial charge >= 0.3 is 0 Å². The molecule has 0 spiro atoms. The summed E-state index contributed by atoms with van der Waals surface area (Å²) in [7, 11) is 0. The summed E-state index contributed by atoms with van der Waals surface area (Å²) in [6, 6.07) is 9.82. The Morgan fingerprint density at radius 3 is 2.74 bits per heavy atom. The molecule has 7 heteroatoms. The van der Waals surface area contributed by atoms with Crippen molar-refractivity contribution >= 4 is 39.7 Å². The minimum absolute atomic E-state index is 0.109. The fraction of sp³-hybridized carbons (Fsp3) is 0.300. The third-order valence-electron chi connectivity index (χ3n) is 4.90. The second-order valence-electron chi connectivity index (χ2n) is 6.85. The van der Waals surface area contributed by atoms with Gasteiger partial charge in [0.1, 0.15) is 4.88 Å². The summed E-state index contributed by atoms with van der Waals surface area (Å²) in [5.41, 5.74) is 8.07. The lowest BCUT2D eigenvalue weighted by molar-refractivity contribution is -0.117. The van der Waals surface area contributed by atoms with Gasteiger partial charge in [0.15, 0.2) is 0 Å². The molecule has 140 valence electrons. The van der Waals surface area contributed by atoms with Crippen LogP contribution in [0, 0.1) is 0 Å². The number of primary amides is 1. The number of aromatic amines is 1. The number of carbonyl (C=O) groups is 2. The number of benzene rings is 1. The Bertz CT molecular complexity index is 985. The van der Waals surface area contributed by atoms with Crippen LogP contribution in [0.2, 0.25) is 0 Å². The Balaban J connectivity index is 1.59. The van der Waals surface area contributed by atoms with Crippen molar-refractivity contribution in [3.63, 3.8) is 0 Å². The Hall–Kier alpha value is -2.64. The van der Waals surface area contributed by atoms with Gasteiger partial charge in [-0.2, -0.15) is 0 Å². The highest BCUT2D eigenvalue weighted by atomic mass is 32.1. The van der Waals surface area contributed by atoms with E-state index in [1.54, 1.807) is 0 Å². The van der Waals surface area contributed by atoms with Crippen molar-refractivity contribution in [2.45, 2.75) is 19.3 Å². The molecule has 3 aromatic rings. The number of para-hydroxylation sites is 1. The van der Waals surface area contributed by atoms with Crippen molar-refractivity contribution in [3.05, 3.63) is 41.4 Å². The van der Waals surface area contributed by atoms with Crippen LogP contribution in [-0.4, -0.2) is 41.3 Å². The number of amides is 2. The average Bonchev–Trinajstić information content (AvgIpc) is 3.26. The van der Waals surface area contributed by atoms with Crippen LogP contribution in [0.4, 0.5) is 5.69 Å². The smallest absolute Gasteiger partial charge is 0.260 e. The second-order valence-corrected chi connectivity index (χ2v) is 7.90. The number of fused-ring (bicyclic) bond motifs is 1. The van der Waals surface area contributed by atoms with E-state index in [-0.39, 0.29) is 5.91 Å². The van der Waals surface area contributed by atoms with Crippen molar-refractivity contribution in [1.82, 2.24) is 9.88 Å². The number of anilines is 1. The number of hydrogen-bond acceptors (Lipinski definition) is 4. The second kappa shape index (κ2) is 7.54. The molecule has 1 aliphatic rings. The number of nitrogens with one attached hydrogen (secondary N) is 2. The Morgan fingerprint density at radius 2 is 1.96 bits per heavy atom. The predicted octanol–water partition coefficient (Wildman–Crippen LogP) is 3.42. The molecule has 0 atom stereocenters. The van der Waals surface area contributed by atoms with Crippen LogP contribution in [-0.2, 0) is 4.79 Å². The molecule has 1 fully saturated rings. The molecule has 1 aliphatic heterocycles.